The average Bonchev–Trinajstić information content (AvgIpc) is 3.39. The van der Waals surface area contributed by atoms with Crippen LogP contribution in [0.4, 0.5) is 0 Å². The molecule has 0 saturated carbocycles. The summed E-state index contributed by atoms with van der Waals surface area (Å²) in [5.41, 5.74) is 5.14. The van der Waals surface area contributed by atoms with Crippen LogP contribution in [0.3, 0.4) is 0 Å². The number of benzene rings is 3. The molecule has 3 aromatic carbocycles. The van der Waals surface area contributed by atoms with Gasteiger partial charge in [-0.3, -0.25) is 4.79 Å². The normalized spacial score (nSPS) is 12.4. The third kappa shape index (κ3) is 6.51. The lowest BCUT2D eigenvalue weighted by Gasteiger charge is -2.20. The van der Waals surface area contributed by atoms with Gasteiger partial charge in [0.25, 0.3) is 10.0 Å². The summed E-state index contributed by atoms with van der Waals surface area (Å²) in [6.07, 6.45) is 1.74. The molecular formula is C29H31N3O5S2. The van der Waals surface area contributed by atoms with Crippen LogP contribution in [0.25, 0.3) is 11.0 Å². The zero-order chi connectivity index (χ0) is 28.2. The van der Waals surface area contributed by atoms with E-state index < -0.39 is 27.8 Å². The Morgan fingerprint density at radius 3 is 2.28 bits per heavy atom. The van der Waals surface area contributed by atoms with Crippen molar-refractivity contribution < 1.29 is 22.7 Å². The summed E-state index contributed by atoms with van der Waals surface area (Å²) in [6.45, 7) is 6.07. The largest absolute Gasteiger partial charge is 0.465 e. The predicted octanol–water partition coefficient (Wildman–Crippen LogP) is 5.39. The average molecular weight is 566 g/mol. The number of hydrogen-bond donors (Lipinski definition) is 1. The number of fused-ring (bicyclic) bond motifs is 1. The van der Waals surface area contributed by atoms with Crippen LogP contribution in [-0.4, -0.2) is 36.2 Å². The van der Waals surface area contributed by atoms with E-state index in [0.717, 1.165) is 34.8 Å². The highest BCUT2D eigenvalue weighted by Crippen LogP contribution is 2.28. The fourth-order valence-electron chi connectivity index (χ4n) is 4.46. The molecule has 4 rings (SSSR count). The van der Waals surface area contributed by atoms with Crippen LogP contribution < -0.4 is 4.72 Å². The Morgan fingerprint density at radius 1 is 0.923 bits per heavy atom. The summed E-state index contributed by atoms with van der Waals surface area (Å²) < 4.78 is 42.1. The van der Waals surface area contributed by atoms with Crippen LogP contribution in [0.5, 0.6) is 0 Å². The van der Waals surface area contributed by atoms with Crippen molar-refractivity contribution in [3.8, 4) is 0 Å². The minimum Gasteiger partial charge on any atom is -0.465 e. The van der Waals surface area contributed by atoms with Gasteiger partial charge in [0, 0.05) is 0 Å². The quantitative estimate of drug-likeness (QED) is 0.257. The Balaban J connectivity index is 1.71. The Morgan fingerprint density at radius 2 is 1.62 bits per heavy atom. The van der Waals surface area contributed by atoms with Crippen molar-refractivity contribution in [2.75, 3.05) is 7.11 Å². The van der Waals surface area contributed by atoms with Gasteiger partial charge >= 0.3 is 5.97 Å². The standard InChI is InChI=1S/C29H31N3O5S2/c1-5-6-20-15-23(29(34)37-4)8-7-21(20)16-25(22-11-14-26-27(17-22)31-38-30-26)28(33)32-39(35,36)24-12-9-19(10-13-24)18(2)3/h7-15,17-18,25H,5-6,16H2,1-4H3,(H,32,33). The SMILES string of the molecule is CCCc1cc(C(=O)OC)ccc1CC(C(=O)NS(=O)(=O)c1ccc(C(C)C)cc1)c1ccc2nsnc2c1. The second-order valence-corrected chi connectivity index (χ2v) is 11.9. The smallest absolute Gasteiger partial charge is 0.337 e. The van der Waals surface area contributed by atoms with Gasteiger partial charge in [-0.05, 0) is 77.4 Å². The number of nitrogens with zero attached hydrogens (tertiary/aromatic N) is 2. The van der Waals surface area contributed by atoms with Crippen molar-refractivity contribution in [1.29, 1.82) is 0 Å². The van der Waals surface area contributed by atoms with Crippen molar-refractivity contribution in [1.82, 2.24) is 13.5 Å². The molecule has 1 atom stereocenters. The highest BCUT2D eigenvalue weighted by Gasteiger charge is 2.28. The highest BCUT2D eigenvalue weighted by atomic mass is 32.2. The molecule has 1 unspecified atom stereocenters. The first-order valence-corrected chi connectivity index (χ1v) is 14.9. The Bertz CT molecular complexity index is 1590. The van der Waals surface area contributed by atoms with Crippen molar-refractivity contribution in [3.63, 3.8) is 0 Å². The molecule has 0 fully saturated rings. The van der Waals surface area contributed by atoms with E-state index in [-0.39, 0.29) is 17.2 Å². The molecule has 0 aliphatic carbocycles. The van der Waals surface area contributed by atoms with E-state index in [1.54, 1.807) is 48.5 Å². The Kier molecular flexibility index (Phi) is 8.76. The molecule has 0 aliphatic rings. The minimum absolute atomic E-state index is 0.0206. The number of sulfonamides is 1. The van der Waals surface area contributed by atoms with Crippen molar-refractivity contribution in [2.45, 2.75) is 56.8 Å². The third-order valence-corrected chi connectivity index (χ3v) is 8.58. The molecule has 0 saturated heterocycles. The monoisotopic (exact) mass is 565 g/mol. The summed E-state index contributed by atoms with van der Waals surface area (Å²) in [6, 6.07) is 17.1. The topological polar surface area (TPSA) is 115 Å². The molecule has 204 valence electrons. The fraction of sp³-hybridized carbons (Fsp3) is 0.310. The number of esters is 1. The van der Waals surface area contributed by atoms with Crippen LogP contribution in [0, 0.1) is 0 Å². The maximum Gasteiger partial charge on any atom is 0.337 e. The van der Waals surface area contributed by atoms with Gasteiger partial charge < -0.3 is 4.74 Å². The van der Waals surface area contributed by atoms with Gasteiger partial charge in [-0.2, -0.15) is 8.75 Å². The van der Waals surface area contributed by atoms with E-state index in [9.17, 15) is 18.0 Å². The number of aryl methyl sites for hydroxylation is 1. The van der Waals surface area contributed by atoms with Gasteiger partial charge in [0.05, 0.1) is 35.2 Å². The number of aromatic nitrogens is 2. The summed E-state index contributed by atoms with van der Waals surface area (Å²) in [5.74, 6) is -1.67. The second-order valence-electron chi connectivity index (χ2n) is 9.69. The van der Waals surface area contributed by atoms with Gasteiger partial charge in [-0.15, -0.1) is 0 Å². The molecule has 8 nitrogen and oxygen atoms in total. The first kappa shape index (κ1) is 28.4. The molecule has 1 N–H and O–H groups in total. The van der Waals surface area contributed by atoms with E-state index in [2.05, 4.69) is 13.5 Å². The van der Waals surface area contributed by atoms with Crippen LogP contribution in [-0.2, 0) is 32.4 Å². The Labute approximate surface area is 232 Å². The first-order chi connectivity index (χ1) is 18.6. The van der Waals surface area contributed by atoms with Crippen LogP contribution in [0.2, 0.25) is 0 Å². The lowest BCUT2D eigenvalue weighted by atomic mass is 9.87. The lowest BCUT2D eigenvalue weighted by molar-refractivity contribution is -0.120. The molecule has 1 amide bonds. The second kappa shape index (κ2) is 12.0. The maximum atomic E-state index is 13.7. The lowest BCUT2D eigenvalue weighted by Crippen LogP contribution is -2.35. The number of nitrogens with one attached hydrogen (secondary N) is 1. The number of rotatable bonds is 10. The van der Waals surface area contributed by atoms with Crippen molar-refractivity contribution in [3.05, 3.63) is 88.5 Å². The van der Waals surface area contributed by atoms with Gasteiger partial charge in [-0.1, -0.05) is 51.5 Å². The summed E-state index contributed by atoms with van der Waals surface area (Å²) in [4.78, 5) is 25.8. The molecule has 0 radical (unpaired) electrons. The molecule has 10 heteroatoms. The summed E-state index contributed by atoms with van der Waals surface area (Å²) in [7, 11) is -2.78. The van der Waals surface area contributed by atoms with Crippen LogP contribution in [0.15, 0.2) is 65.6 Å². The van der Waals surface area contributed by atoms with Gasteiger partial charge in [0.1, 0.15) is 11.0 Å². The Hall–Kier alpha value is -3.63. The molecule has 0 spiro atoms. The number of ether oxygens (including phenoxy) is 1. The van der Waals surface area contributed by atoms with E-state index in [4.69, 9.17) is 4.74 Å². The minimum atomic E-state index is -4.11. The van der Waals surface area contributed by atoms with E-state index in [0.29, 0.717) is 28.6 Å². The number of carbonyl (C=O) groups excluding carboxylic acids is 2. The molecule has 39 heavy (non-hydrogen) atoms. The molecule has 4 aromatic rings. The predicted molar refractivity (Wildman–Crippen MR) is 151 cm³/mol. The molecular weight excluding hydrogens is 534 g/mol. The van der Waals surface area contributed by atoms with Gasteiger partial charge in [0.2, 0.25) is 5.91 Å². The summed E-state index contributed by atoms with van der Waals surface area (Å²) >= 11 is 1.07. The van der Waals surface area contributed by atoms with E-state index >= 15 is 0 Å². The van der Waals surface area contributed by atoms with E-state index in [1.807, 2.05) is 20.8 Å². The van der Waals surface area contributed by atoms with E-state index in [1.165, 1.54) is 19.2 Å². The highest BCUT2D eigenvalue weighted by molar-refractivity contribution is 7.90. The first-order valence-electron chi connectivity index (χ1n) is 12.7. The van der Waals surface area contributed by atoms with Crippen molar-refractivity contribution in [2.24, 2.45) is 0 Å². The molecule has 1 heterocycles. The third-order valence-electron chi connectivity index (χ3n) is 6.66. The van der Waals surface area contributed by atoms with Crippen LogP contribution >= 0.6 is 11.7 Å². The van der Waals surface area contributed by atoms with Gasteiger partial charge in [0.15, 0.2) is 0 Å². The number of amides is 1. The zero-order valence-corrected chi connectivity index (χ0v) is 23.9. The maximum absolute atomic E-state index is 13.7. The summed E-state index contributed by atoms with van der Waals surface area (Å²) in [5, 5.41) is 0. The van der Waals surface area contributed by atoms with Gasteiger partial charge in [-0.25, -0.2) is 17.9 Å². The fourth-order valence-corrected chi connectivity index (χ4v) is 6.00. The number of carbonyl (C=O) groups is 2. The van der Waals surface area contributed by atoms with Crippen LogP contribution in [0.1, 0.15) is 71.6 Å². The van der Waals surface area contributed by atoms with Crippen molar-refractivity contribution >= 4 is 44.7 Å². The molecule has 0 bridgehead atoms. The zero-order valence-electron chi connectivity index (χ0n) is 22.3. The number of methoxy groups -OCH3 is 1. The molecule has 0 aliphatic heterocycles. The number of hydrogen-bond acceptors (Lipinski definition) is 8. The molecule has 1 aromatic heterocycles.